The topological polar surface area (TPSA) is 49.9 Å². The molecule has 1 aromatic heterocycles. The second-order valence-corrected chi connectivity index (χ2v) is 2.73. The number of carbonyl (C=O) groups excluding carboxylic acids is 1. The lowest BCUT2D eigenvalue weighted by atomic mass is 10.2. The maximum Gasteiger partial charge on any atom is 0.431 e. The molecule has 76 valence electrons. The monoisotopic (exact) mass is 225 g/mol. The van der Waals surface area contributed by atoms with Crippen LogP contribution in [0.15, 0.2) is 16.9 Å². The molecule has 1 heterocycles. The summed E-state index contributed by atoms with van der Waals surface area (Å²) in [6.45, 7) is 0. The highest BCUT2D eigenvalue weighted by Gasteiger charge is 2.32. The maximum atomic E-state index is 12.0. The fraction of sp³-hybridized carbons (Fsp3) is 0.143. The van der Waals surface area contributed by atoms with Gasteiger partial charge in [0.05, 0.1) is 5.56 Å². The van der Waals surface area contributed by atoms with Gasteiger partial charge in [-0.15, -0.1) is 0 Å². The standard InChI is InChI=1S/C7H3ClF3NO2/c8-5(13)3-1-2-4(7(9,10)11)12-6(3)14/h1-2H,(H,12,14). The minimum atomic E-state index is -4.65. The molecule has 7 heteroatoms. The molecule has 0 fully saturated rings. The third-order valence-electron chi connectivity index (χ3n) is 1.43. The molecule has 0 saturated carbocycles. The van der Waals surface area contributed by atoms with Crippen LogP contribution in [0.2, 0.25) is 0 Å². The van der Waals surface area contributed by atoms with E-state index in [1.54, 1.807) is 0 Å². The van der Waals surface area contributed by atoms with Crippen LogP contribution in [0, 0.1) is 0 Å². The molecule has 0 aliphatic heterocycles. The van der Waals surface area contributed by atoms with Crippen molar-refractivity contribution < 1.29 is 18.0 Å². The van der Waals surface area contributed by atoms with Crippen molar-refractivity contribution in [1.82, 2.24) is 4.98 Å². The maximum absolute atomic E-state index is 12.0. The summed E-state index contributed by atoms with van der Waals surface area (Å²) >= 11 is 4.93. The normalized spacial score (nSPS) is 11.4. The zero-order valence-corrected chi connectivity index (χ0v) is 7.24. The highest BCUT2D eigenvalue weighted by Crippen LogP contribution is 2.26. The predicted octanol–water partition coefficient (Wildman–Crippen LogP) is 1.77. The Morgan fingerprint density at radius 1 is 1.36 bits per heavy atom. The highest BCUT2D eigenvalue weighted by atomic mass is 35.5. The molecule has 0 aromatic carbocycles. The van der Waals surface area contributed by atoms with E-state index in [1.165, 1.54) is 4.98 Å². The summed E-state index contributed by atoms with van der Waals surface area (Å²) < 4.78 is 36.0. The molecule has 0 radical (unpaired) electrons. The average Bonchev–Trinajstić information content (AvgIpc) is 2.01. The van der Waals surface area contributed by atoms with Gasteiger partial charge in [0.2, 0.25) is 0 Å². The molecular formula is C7H3ClF3NO2. The van der Waals surface area contributed by atoms with Crippen molar-refractivity contribution in [3.8, 4) is 0 Å². The van der Waals surface area contributed by atoms with E-state index >= 15 is 0 Å². The quantitative estimate of drug-likeness (QED) is 0.741. The van der Waals surface area contributed by atoms with Gasteiger partial charge >= 0.3 is 6.18 Å². The summed E-state index contributed by atoms with van der Waals surface area (Å²) in [7, 11) is 0. The molecule has 0 bridgehead atoms. The van der Waals surface area contributed by atoms with Gasteiger partial charge in [0, 0.05) is 0 Å². The fourth-order valence-electron chi connectivity index (χ4n) is 0.794. The Kier molecular flexibility index (Phi) is 2.66. The Balaban J connectivity index is 3.27. The Bertz CT molecular complexity index is 424. The van der Waals surface area contributed by atoms with Gasteiger partial charge < -0.3 is 4.98 Å². The van der Waals surface area contributed by atoms with Gasteiger partial charge in [0.1, 0.15) is 5.69 Å². The first-order valence-electron chi connectivity index (χ1n) is 3.32. The number of carbonyl (C=O) groups is 1. The second-order valence-electron chi connectivity index (χ2n) is 2.39. The number of hydrogen-bond donors (Lipinski definition) is 1. The van der Waals surface area contributed by atoms with Crippen LogP contribution in [0.1, 0.15) is 16.1 Å². The van der Waals surface area contributed by atoms with Crippen LogP contribution in [-0.2, 0) is 6.18 Å². The molecular weight excluding hydrogens is 223 g/mol. The first-order valence-corrected chi connectivity index (χ1v) is 3.70. The van der Waals surface area contributed by atoms with Gasteiger partial charge in [-0.1, -0.05) is 0 Å². The van der Waals surface area contributed by atoms with Crippen LogP contribution in [0.5, 0.6) is 0 Å². The van der Waals surface area contributed by atoms with Gasteiger partial charge in [0.25, 0.3) is 10.8 Å². The van der Waals surface area contributed by atoms with E-state index in [4.69, 9.17) is 11.6 Å². The van der Waals surface area contributed by atoms with Crippen molar-refractivity contribution in [2.45, 2.75) is 6.18 Å². The molecule has 1 aromatic rings. The van der Waals surface area contributed by atoms with Gasteiger partial charge in [-0.25, -0.2) is 0 Å². The molecule has 0 aliphatic rings. The molecule has 0 unspecified atom stereocenters. The number of aromatic nitrogens is 1. The number of pyridine rings is 1. The van der Waals surface area contributed by atoms with E-state index in [9.17, 15) is 22.8 Å². The lowest BCUT2D eigenvalue weighted by Gasteiger charge is -2.05. The first kappa shape index (κ1) is 10.8. The largest absolute Gasteiger partial charge is 0.431 e. The Morgan fingerprint density at radius 2 is 1.93 bits per heavy atom. The van der Waals surface area contributed by atoms with E-state index in [1.807, 2.05) is 0 Å². The van der Waals surface area contributed by atoms with Gasteiger partial charge in [-0.2, -0.15) is 13.2 Å². The van der Waals surface area contributed by atoms with Crippen LogP contribution in [-0.4, -0.2) is 10.2 Å². The van der Waals surface area contributed by atoms with Gasteiger partial charge in [-0.3, -0.25) is 9.59 Å². The summed E-state index contributed by atoms with van der Waals surface area (Å²) in [5.74, 6) is 0. The summed E-state index contributed by atoms with van der Waals surface area (Å²) in [6, 6.07) is 1.31. The van der Waals surface area contributed by atoms with Crippen molar-refractivity contribution >= 4 is 16.8 Å². The number of hydrogen-bond acceptors (Lipinski definition) is 2. The predicted molar refractivity (Wildman–Crippen MR) is 42.2 cm³/mol. The minimum Gasteiger partial charge on any atom is -0.318 e. The van der Waals surface area contributed by atoms with Crippen LogP contribution in [0.4, 0.5) is 13.2 Å². The molecule has 0 saturated heterocycles. The SMILES string of the molecule is O=C(Cl)c1ccc(C(F)(F)F)[nH]c1=O. The third-order valence-corrected chi connectivity index (χ3v) is 1.63. The minimum absolute atomic E-state index is 0.514. The highest BCUT2D eigenvalue weighted by molar-refractivity contribution is 6.67. The number of halogens is 4. The lowest BCUT2D eigenvalue weighted by molar-refractivity contribution is -0.141. The Labute approximate surface area is 80.5 Å². The zero-order chi connectivity index (χ0) is 10.9. The van der Waals surface area contributed by atoms with Crippen molar-refractivity contribution in [3.63, 3.8) is 0 Å². The van der Waals surface area contributed by atoms with E-state index in [-0.39, 0.29) is 0 Å². The number of H-pyrrole nitrogens is 1. The summed E-state index contributed by atoms with van der Waals surface area (Å²) in [5.41, 5.74) is -2.89. The molecule has 0 aliphatic carbocycles. The molecule has 1 rings (SSSR count). The lowest BCUT2D eigenvalue weighted by Crippen LogP contribution is -2.20. The van der Waals surface area contributed by atoms with Gasteiger partial charge in [0.15, 0.2) is 0 Å². The van der Waals surface area contributed by atoms with E-state index < -0.39 is 28.2 Å². The molecule has 1 N–H and O–H groups in total. The van der Waals surface area contributed by atoms with Crippen molar-refractivity contribution in [2.75, 3.05) is 0 Å². The van der Waals surface area contributed by atoms with Crippen molar-refractivity contribution in [3.05, 3.63) is 33.7 Å². The number of rotatable bonds is 1. The Hall–Kier alpha value is -1.30. The first-order chi connectivity index (χ1) is 6.32. The van der Waals surface area contributed by atoms with E-state index in [0.717, 1.165) is 6.07 Å². The number of aromatic amines is 1. The Morgan fingerprint density at radius 3 is 2.29 bits per heavy atom. The fourth-order valence-corrected chi connectivity index (χ4v) is 0.943. The van der Waals surface area contributed by atoms with Crippen LogP contribution in [0.3, 0.4) is 0 Å². The summed E-state index contributed by atoms with van der Waals surface area (Å²) in [5, 5.41) is -1.10. The second kappa shape index (κ2) is 3.45. The number of nitrogens with one attached hydrogen (secondary N) is 1. The average molecular weight is 226 g/mol. The molecule has 0 atom stereocenters. The van der Waals surface area contributed by atoms with Crippen molar-refractivity contribution in [2.24, 2.45) is 0 Å². The van der Waals surface area contributed by atoms with Crippen molar-refractivity contribution in [1.29, 1.82) is 0 Å². The summed E-state index contributed by atoms with van der Waals surface area (Å²) in [4.78, 5) is 22.9. The summed E-state index contributed by atoms with van der Waals surface area (Å²) in [6.07, 6.45) is -4.65. The van der Waals surface area contributed by atoms with E-state index in [2.05, 4.69) is 0 Å². The molecule has 3 nitrogen and oxygen atoms in total. The van der Waals surface area contributed by atoms with Crippen LogP contribution < -0.4 is 5.56 Å². The number of alkyl halides is 3. The third kappa shape index (κ3) is 2.14. The zero-order valence-electron chi connectivity index (χ0n) is 6.48. The van der Waals surface area contributed by atoms with Gasteiger partial charge in [-0.05, 0) is 23.7 Å². The molecule has 0 spiro atoms. The smallest absolute Gasteiger partial charge is 0.318 e. The van der Waals surface area contributed by atoms with Crippen LogP contribution >= 0.6 is 11.6 Å². The molecule has 14 heavy (non-hydrogen) atoms. The molecule has 0 amide bonds. The van der Waals surface area contributed by atoms with E-state index in [0.29, 0.717) is 6.07 Å². The van der Waals surface area contributed by atoms with Crippen LogP contribution in [0.25, 0.3) is 0 Å².